The number of nitrogens with one attached hydrogen (secondary N) is 1. The first kappa shape index (κ1) is 13.1. The molecule has 2 rings (SSSR count). The Morgan fingerprint density at radius 1 is 1.47 bits per heavy atom. The van der Waals surface area contributed by atoms with Gasteiger partial charge in [-0.3, -0.25) is 0 Å². The van der Waals surface area contributed by atoms with Crippen molar-refractivity contribution in [2.45, 2.75) is 13.5 Å². The van der Waals surface area contributed by atoms with Crippen LogP contribution in [-0.4, -0.2) is 31.6 Å². The van der Waals surface area contributed by atoms with Gasteiger partial charge in [0, 0.05) is 17.6 Å². The van der Waals surface area contributed by atoms with Gasteiger partial charge in [0.05, 0.1) is 0 Å². The maximum absolute atomic E-state index is 3.52. The summed E-state index contributed by atoms with van der Waals surface area (Å²) in [4.78, 5) is 2.42. The van der Waals surface area contributed by atoms with E-state index < -0.39 is 0 Å². The first-order valence-corrected chi connectivity index (χ1v) is 7.08. The summed E-state index contributed by atoms with van der Waals surface area (Å²) in [5.41, 5.74) is 1.38. The highest BCUT2D eigenvalue weighted by molar-refractivity contribution is 9.10. The quantitative estimate of drug-likeness (QED) is 0.899. The highest BCUT2D eigenvalue weighted by atomic mass is 79.9. The van der Waals surface area contributed by atoms with Gasteiger partial charge >= 0.3 is 0 Å². The summed E-state index contributed by atoms with van der Waals surface area (Å²) in [5.74, 6) is 1.66. The number of benzene rings is 1. The Labute approximate surface area is 113 Å². The Balaban J connectivity index is 1.81. The van der Waals surface area contributed by atoms with Crippen molar-refractivity contribution in [2.75, 3.05) is 26.7 Å². The van der Waals surface area contributed by atoms with E-state index in [0.29, 0.717) is 0 Å². The predicted molar refractivity (Wildman–Crippen MR) is 76.0 cm³/mol. The van der Waals surface area contributed by atoms with Gasteiger partial charge in [-0.1, -0.05) is 35.0 Å². The summed E-state index contributed by atoms with van der Waals surface area (Å²) in [6.07, 6.45) is 0. The number of rotatable bonds is 5. The van der Waals surface area contributed by atoms with Gasteiger partial charge in [0.15, 0.2) is 0 Å². The van der Waals surface area contributed by atoms with Crippen LogP contribution in [0, 0.1) is 11.8 Å². The lowest BCUT2D eigenvalue weighted by molar-refractivity contribution is 0.182. The average molecular weight is 297 g/mol. The number of hydrogen-bond acceptors (Lipinski definition) is 2. The molecule has 0 radical (unpaired) electrons. The fourth-order valence-corrected chi connectivity index (χ4v) is 2.81. The lowest BCUT2D eigenvalue weighted by atomic mass is 9.88. The van der Waals surface area contributed by atoms with E-state index in [1.165, 1.54) is 29.7 Å². The van der Waals surface area contributed by atoms with Gasteiger partial charge in [-0.05, 0) is 49.7 Å². The molecule has 1 N–H and O–H groups in total. The van der Waals surface area contributed by atoms with Gasteiger partial charge in [-0.2, -0.15) is 0 Å². The minimum atomic E-state index is 0.786. The molecule has 1 fully saturated rings. The Bertz CT molecular complexity index is 363. The molecule has 2 nitrogen and oxygen atoms in total. The predicted octanol–water partition coefficient (Wildman–Crippen LogP) is 2.74. The van der Waals surface area contributed by atoms with Crippen molar-refractivity contribution in [1.82, 2.24) is 10.2 Å². The van der Waals surface area contributed by atoms with Crippen LogP contribution in [0.3, 0.4) is 0 Å². The second-order valence-electron chi connectivity index (χ2n) is 5.22. The second-order valence-corrected chi connectivity index (χ2v) is 6.14. The summed E-state index contributed by atoms with van der Waals surface area (Å²) >= 11 is 3.52. The minimum absolute atomic E-state index is 0.786. The Kier molecular flexibility index (Phi) is 4.60. The van der Waals surface area contributed by atoms with Crippen molar-refractivity contribution in [3.8, 4) is 0 Å². The number of nitrogens with zero attached hydrogens (tertiary/aromatic N) is 1. The van der Waals surface area contributed by atoms with Gasteiger partial charge in [0.1, 0.15) is 0 Å². The smallest absolute Gasteiger partial charge is 0.0231 e. The second kappa shape index (κ2) is 5.98. The molecule has 3 heteroatoms. The Morgan fingerprint density at radius 2 is 2.24 bits per heavy atom. The zero-order valence-corrected chi connectivity index (χ0v) is 12.2. The van der Waals surface area contributed by atoms with Gasteiger partial charge in [0.2, 0.25) is 0 Å². The van der Waals surface area contributed by atoms with Crippen LogP contribution in [0.15, 0.2) is 28.7 Å². The van der Waals surface area contributed by atoms with Crippen LogP contribution >= 0.6 is 15.9 Å². The summed E-state index contributed by atoms with van der Waals surface area (Å²) < 4.78 is 1.17. The molecule has 1 heterocycles. The molecule has 0 amide bonds. The van der Waals surface area contributed by atoms with Crippen molar-refractivity contribution < 1.29 is 0 Å². The average Bonchev–Trinajstić information content (AvgIpc) is 2.13. The third-order valence-electron chi connectivity index (χ3n) is 3.56. The SMILES string of the molecule is CC(CN(C)Cc1cccc(Br)c1)C1CNC1. The topological polar surface area (TPSA) is 15.3 Å². The zero-order valence-electron chi connectivity index (χ0n) is 10.6. The normalized spacial score (nSPS) is 18.1. The molecular weight excluding hydrogens is 276 g/mol. The van der Waals surface area contributed by atoms with Crippen LogP contribution in [0.4, 0.5) is 0 Å². The van der Waals surface area contributed by atoms with E-state index >= 15 is 0 Å². The van der Waals surface area contributed by atoms with Crippen LogP contribution in [-0.2, 0) is 6.54 Å². The molecule has 1 aromatic rings. The van der Waals surface area contributed by atoms with E-state index in [0.717, 1.165) is 18.4 Å². The molecule has 1 aromatic carbocycles. The molecule has 1 aliphatic rings. The largest absolute Gasteiger partial charge is 0.316 e. The van der Waals surface area contributed by atoms with E-state index in [1.54, 1.807) is 0 Å². The fraction of sp³-hybridized carbons (Fsp3) is 0.571. The molecule has 1 unspecified atom stereocenters. The summed E-state index contributed by atoms with van der Waals surface area (Å²) in [5, 5.41) is 3.35. The molecule has 0 spiro atoms. The Morgan fingerprint density at radius 3 is 2.82 bits per heavy atom. The summed E-state index contributed by atoms with van der Waals surface area (Å²) in [6, 6.07) is 8.57. The van der Waals surface area contributed by atoms with Crippen molar-refractivity contribution in [2.24, 2.45) is 11.8 Å². The Hall–Kier alpha value is -0.380. The van der Waals surface area contributed by atoms with Gasteiger partial charge in [-0.25, -0.2) is 0 Å². The first-order valence-electron chi connectivity index (χ1n) is 6.29. The van der Waals surface area contributed by atoms with Gasteiger partial charge in [-0.15, -0.1) is 0 Å². The molecule has 1 saturated heterocycles. The molecule has 17 heavy (non-hydrogen) atoms. The van der Waals surface area contributed by atoms with Gasteiger partial charge < -0.3 is 10.2 Å². The number of halogens is 1. The van der Waals surface area contributed by atoms with E-state index in [1.807, 2.05) is 0 Å². The molecule has 1 atom stereocenters. The highest BCUT2D eigenvalue weighted by Gasteiger charge is 2.24. The third-order valence-corrected chi connectivity index (χ3v) is 4.05. The van der Waals surface area contributed by atoms with Crippen LogP contribution < -0.4 is 5.32 Å². The van der Waals surface area contributed by atoms with Crippen molar-refractivity contribution in [3.05, 3.63) is 34.3 Å². The van der Waals surface area contributed by atoms with Crippen LogP contribution in [0.1, 0.15) is 12.5 Å². The maximum atomic E-state index is 3.52. The van der Waals surface area contributed by atoms with Crippen molar-refractivity contribution >= 4 is 15.9 Å². The van der Waals surface area contributed by atoms with Crippen molar-refractivity contribution in [1.29, 1.82) is 0 Å². The minimum Gasteiger partial charge on any atom is -0.316 e. The van der Waals surface area contributed by atoms with E-state index in [4.69, 9.17) is 0 Å². The molecule has 1 aliphatic heterocycles. The van der Waals surface area contributed by atoms with Crippen LogP contribution in [0.5, 0.6) is 0 Å². The molecule has 0 aliphatic carbocycles. The van der Waals surface area contributed by atoms with E-state index in [9.17, 15) is 0 Å². The molecular formula is C14H21BrN2. The van der Waals surface area contributed by atoms with Gasteiger partial charge in [0.25, 0.3) is 0 Å². The lowest BCUT2D eigenvalue weighted by Gasteiger charge is -2.34. The molecule has 0 aromatic heterocycles. The lowest BCUT2D eigenvalue weighted by Crippen LogP contribution is -2.47. The zero-order chi connectivity index (χ0) is 12.3. The molecule has 0 bridgehead atoms. The summed E-state index contributed by atoms with van der Waals surface area (Å²) in [6.45, 7) is 6.98. The van der Waals surface area contributed by atoms with E-state index in [2.05, 4.69) is 64.4 Å². The van der Waals surface area contributed by atoms with Crippen molar-refractivity contribution in [3.63, 3.8) is 0 Å². The molecule has 94 valence electrons. The summed E-state index contributed by atoms with van der Waals surface area (Å²) in [7, 11) is 2.21. The highest BCUT2D eigenvalue weighted by Crippen LogP contribution is 2.18. The molecule has 0 saturated carbocycles. The van der Waals surface area contributed by atoms with Crippen LogP contribution in [0.2, 0.25) is 0 Å². The van der Waals surface area contributed by atoms with E-state index in [-0.39, 0.29) is 0 Å². The third kappa shape index (κ3) is 3.80. The monoisotopic (exact) mass is 296 g/mol. The first-order chi connectivity index (χ1) is 8.15. The standard InChI is InChI=1S/C14H21BrN2/c1-11(13-7-16-8-13)9-17(2)10-12-4-3-5-14(15)6-12/h3-6,11,13,16H,7-10H2,1-2H3. The maximum Gasteiger partial charge on any atom is 0.0231 e. The van der Waals surface area contributed by atoms with Crippen LogP contribution in [0.25, 0.3) is 0 Å². The fourth-order valence-electron chi connectivity index (χ4n) is 2.37. The number of hydrogen-bond donors (Lipinski definition) is 1.